The van der Waals surface area contributed by atoms with E-state index in [0.717, 1.165) is 48.7 Å². The summed E-state index contributed by atoms with van der Waals surface area (Å²) in [5, 5.41) is 4.93. The standard InChI is InChI=1S/C36H48B2O2/c1-5-9-11-25(7-3)23-39-33-19-13-27-21-29(37)15-17-31(27)35(33)36-32-18-16-30(38)22-28(32)14-20-34(36)40-24-26(8-4)12-10-6-2/h13-22,25-26H,5-12,23-24,37-38H2,1-4H3. The van der Waals surface area contributed by atoms with Crippen LogP contribution in [-0.2, 0) is 0 Å². The number of ether oxygens (including phenoxy) is 2. The Hall–Kier alpha value is -2.87. The first-order valence-corrected chi connectivity index (χ1v) is 15.8. The fraction of sp³-hybridized carbons (Fsp3) is 0.444. The molecule has 0 saturated carbocycles. The Morgan fingerprint density at radius 1 is 0.575 bits per heavy atom. The highest BCUT2D eigenvalue weighted by atomic mass is 16.5. The van der Waals surface area contributed by atoms with E-state index in [1.54, 1.807) is 0 Å². The third-order valence-electron chi connectivity index (χ3n) is 8.56. The van der Waals surface area contributed by atoms with E-state index in [1.807, 2.05) is 0 Å². The van der Waals surface area contributed by atoms with Crippen molar-refractivity contribution in [3.8, 4) is 22.6 Å². The van der Waals surface area contributed by atoms with Crippen LogP contribution < -0.4 is 20.4 Å². The second-order valence-corrected chi connectivity index (χ2v) is 11.8. The van der Waals surface area contributed by atoms with Crippen LogP contribution in [0.1, 0.15) is 79.1 Å². The average Bonchev–Trinajstić information content (AvgIpc) is 2.97. The van der Waals surface area contributed by atoms with Crippen molar-refractivity contribution < 1.29 is 9.47 Å². The third-order valence-corrected chi connectivity index (χ3v) is 8.56. The van der Waals surface area contributed by atoms with Gasteiger partial charge in [-0.1, -0.05) is 126 Å². The van der Waals surface area contributed by atoms with Crippen LogP contribution in [0.15, 0.2) is 60.7 Å². The Balaban J connectivity index is 1.87. The number of rotatable bonds is 15. The molecule has 4 aromatic carbocycles. The minimum atomic E-state index is 0.566. The van der Waals surface area contributed by atoms with Crippen LogP contribution in [0, 0.1) is 11.8 Å². The quantitative estimate of drug-likeness (QED) is 0.148. The van der Waals surface area contributed by atoms with Gasteiger partial charge in [0.25, 0.3) is 0 Å². The van der Waals surface area contributed by atoms with Crippen LogP contribution in [0.2, 0.25) is 0 Å². The third kappa shape index (κ3) is 7.25. The fourth-order valence-corrected chi connectivity index (χ4v) is 5.83. The molecule has 0 aliphatic rings. The van der Waals surface area contributed by atoms with Crippen LogP contribution in [0.4, 0.5) is 0 Å². The van der Waals surface area contributed by atoms with Crippen molar-refractivity contribution in [3.63, 3.8) is 0 Å². The molecule has 0 saturated heterocycles. The van der Waals surface area contributed by atoms with Crippen molar-refractivity contribution in [1.82, 2.24) is 0 Å². The normalized spacial score (nSPS) is 13.0. The van der Waals surface area contributed by atoms with Crippen molar-refractivity contribution in [1.29, 1.82) is 0 Å². The highest BCUT2D eigenvalue weighted by molar-refractivity contribution is 6.34. The van der Waals surface area contributed by atoms with E-state index in [4.69, 9.17) is 9.47 Å². The van der Waals surface area contributed by atoms with Crippen molar-refractivity contribution in [2.45, 2.75) is 79.1 Å². The molecular weight excluding hydrogens is 486 g/mol. The molecule has 4 heteroatoms. The summed E-state index contributed by atoms with van der Waals surface area (Å²) in [6.07, 6.45) is 9.67. The van der Waals surface area contributed by atoms with Crippen LogP contribution >= 0.6 is 0 Å². The summed E-state index contributed by atoms with van der Waals surface area (Å²) in [4.78, 5) is 0. The Kier molecular flexibility index (Phi) is 11.0. The van der Waals surface area contributed by atoms with Gasteiger partial charge in [0.1, 0.15) is 27.2 Å². The molecular formula is C36H48B2O2. The number of fused-ring (bicyclic) bond motifs is 2. The molecule has 2 nitrogen and oxygen atoms in total. The van der Waals surface area contributed by atoms with Gasteiger partial charge in [0.15, 0.2) is 0 Å². The first-order valence-electron chi connectivity index (χ1n) is 15.8. The Labute approximate surface area is 244 Å². The van der Waals surface area contributed by atoms with Gasteiger partial charge in [-0.05, 0) is 58.4 Å². The molecule has 0 bridgehead atoms. The molecule has 2 unspecified atom stereocenters. The fourth-order valence-electron chi connectivity index (χ4n) is 5.83. The molecule has 0 aromatic heterocycles. The van der Waals surface area contributed by atoms with Crippen LogP contribution in [-0.4, -0.2) is 28.9 Å². The van der Waals surface area contributed by atoms with Gasteiger partial charge in [0, 0.05) is 11.1 Å². The lowest BCUT2D eigenvalue weighted by Crippen LogP contribution is -2.13. The lowest BCUT2D eigenvalue weighted by Gasteiger charge is -2.23. The van der Waals surface area contributed by atoms with Crippen LogP contribution in [0.25, 0.3) is 32.7 Å². The van der Waals surface area contributed by atoms with E-state index >= 15 is 0 Å². The minimum absolute atomic E-state index is 0.566. The highest BCUT2D eigenvalue weighted by Gasteiger charge is 2.21. The van der Waals surface area contributed by atoms with Crippen molar-refractivity contribution in [2.24, 2.45) is 11.8 Å². The molecule has 2 atom stereocenters. The zero-order chi connectivity index (χ0) is 28.5. The summed E-state index contributed by atoms with van der Waals surface area (Å²) >= 11 is 0. The van der Waals surface area contributed by atoms with Gasteiger partial charge in [-0.3, -0.25) is 0 Å². The zero-order valence-electron chi connectivity index (χ0n) is 25.8. The van der Waals surface area contributed by atoms with E-state index in [1.165, 1.54) is 71.0 Å². The topological polar surface area (TPSA) is 18.5 Å². The summed E-state index contributed by atoms with van der Waals surface area (Å²) in [6, 6.07) is 22.4. The molecule has 0 aliphatic heterocycles. The maximum atomic E-state index is 6.75. The van der Waals surface area contributed by atoms with Crippen molar-refractivity contribution in [3.05, 3.63) is 60.7 Å². The smallest absolute Gasteiger partial charge is 0.139 e. The largest absolute Gasteiger partial charge is 0.493 e. The summed E-state index contributed by atoms with van der Waals surface area (Å²) < 4.78 is 13.5. The first-order chi connectivity index (χ1) is 19.5. The highest BCUT2D eigenvalue weighted by Crippen LogP contribution is 2.45. The average molecular weight is 534 g/mol. The maximum Gasteiger partial charge on any atom is 0.139 e. The Morgan fingerprint density at radius 2 is 1.00 bits per heavy atom. The molecule has 0 fully saturated rings. The summed E-state index contributed by atoms with van der Waals surface area (Å²) in [7, 11) is 4.33. The van der Waals surface area contributed by atoms with Gasteiger partial charge >= 0.3 is 0 Å². The monoisotopic (exact) mass is 534 g/mol. The molecule has 0 N–H and O–H groups in total. The molecule has 0 radical (unpaired) electrons. The van der Waals surface area contributed by atoms with Gasteiger partial charge in [0.05, 0.1) is 13.2 Å². The van der Waals surface area contributed by atoms with Gasteiger partial charge in [-0.25, -0.2) is 0 Å². The molecule has 0 heterocycles. The van der Waals surface area contributed by atoms with E-state index in [0.29, 0.717) is 11.8 Å². The van der Waals surface area contributed by atoms with Crippen molar-refractivity contribution >= 4 is 48.2 Å². The lowest BCUT2D eigenvalue weighted by molar-refractivity contribution is 0.231. The van der Waals surface area contributed by atoms with E-state index in [-0.39, 0.29) is 0 Å². The SMILES string of the molecule is Bc1ccc2c(-c3c(OCC(CC)CCCC)ccc4cc(B)ccc34)c(OCC(CC)CCCC)ccc2c1. The Bertz CT molecular complexity index is 1290. The number of hydrogen-bond donors (Lipinski definition) is 0. The minimum Gasteiger partial charge on any atom is -0.493 e. The first kappa shape index (κ1) is 30.1. The maximum absolute atomic E-state index is 6.75. The molecule has 4 aromatic rings. The lowest BCUT2D eigenvalue weighted by atomic mass is 9.87. The number of unbranched alkanes of at least 4 members (excludes halogenated alkanes) is 2. The zero-order valence-corrected chi connectivity index (χ0v) is 25.8. The summed E-state index contributed by atoms with van der Waals surface area (Å²) in [5.74, 6) is 3.05. The van der Waals surface area contributed by atoms with Crippen molar-refractivity contribution in [2.75, 3.05) is 13.2 Å². The molecule has 210 valence electrons. The van der Waals surface area contributed by atoms with E-state index < -0.39 is 0 Å². The molecule has 4 rings (SSSR count). The summed E-state index contributed by atoms with van der Waals surface area (Å²) in [6.45, 7) is 10.6. The number of hydrogen-bond acceptors (Lipinski definition) is 2. The molecule has 0 spiro atoms. The van der Waals surface area contributed by atoms with Gasteiger partial charge in [-0.15, -0.1) is 0 Å². The predicted molar refractivity (Wildman–Crippen MR) is 181 cm³/mol. The van der Waals surface area contributed by atoms with Crippen LogP contribution in [0.3, 0.4) is 0 Å². The van der Waals surface area contributed by atoms with Gasteiger partial charge in [-0.2, -0.15) is 0 Å². The van der Waals surface area contributed by atoms with Gasteiger partial charge in [0.2, 0.25) is 0 Å². The second-order valence-electron chi connectivity index (χ2n) is 11.8. The second kappa shape index (κ2) is 14.7. The number of benzene rings is 4. The van der Waals surface area contributed by atoms with Crippen LogP contribution in [0.5, 0.6) is 11.5 Å². The van der Waals surface area contributed by atoms with Gasteiger partial charge < -0.3 is 9.47 Å². The van der Waals surface area contributed by atoms with E-state index in [2.05, 4.69) is 104 Å². The molecule has 40 heavy (non-hydrogen) atoms. The van der Waals surface area contributed by atoms with E-state index in [9.17, 15) is 0 Å². The molecule has 0 amide bonds. The summed E-state index contributed by atoms with van der Waals surface area (Å²) in [5.41, 5.74) is 4.86. The Morgan fingerprint density at radius 3 is 1.38 bits per heavy atom. The molecule has 0 aliphatic carbocycles. The predicted octanol–water partition coefficient (Wildman–Crippen LogP) is 7.37.